The van der Waals surface area contributed by atoms with Gasteiger partial charge in [-0.05, 0) is 37.1 Å². The number of carboxylic acids is 1. The van der Waals surface area contributed by atoms with Crippen molar-refractivity contribution >= 4 is 38.8 Å². The third-order valence-corrected chi connectivity index (χ3v) is 4.90. The van der Waals surface area contributed by atoms with Gasteiger partial charge in [0.2, 0.25) is 0 Å². The fraction of sp³-hybridized carbons (Fsp3) is 0.235. The molecule has 0 radical (unpaired) electrons. The summed E-state index contributed by atoms with van der Waals surface area (Å²) in [6, 6.07) is 11.3. The number of pyridine rings is 1. The van der Waals surface area contributed by atoms with Crippen LogP contribution < -0.4 is 4.90 Å². The van der Waals surface area contributed by atoms with Crippen LogP contribution >= 0.6 is 15.9 Å². The van der Waals surface area contributed by atoms with Gasteiger partial charge in [-0.1, -0.05) is 28.1 Å². The molecule has 0 unspecified atom stereocenters. The number of aromatic nitrogens is 3. The van der Waals surface area contributed by atoms with E-state index in [1.807, 2.05) is 41.3 Å². The van der Waals surface area contributed by atoms with Crippen molar-refractivity contribution in [3.63, 3.8) is 0 Å². The lowest BCUT2D eigenvalue weighted by atomic mass is 10.1. The van der Waals surface area contributed by atoms with Gasteiger partial charge < -0.3 is 10.0 Å². The summed E-state index contributed by atoms with van der Waals surface area (Å²) in [6.45, 7) is 0.708. The Hall–Kier alpha value is -2.41. The smallest absolute Gasteiger partial charge is 0.326 e. The van der Waals surface area contributed by atoms with Crippen molar-refractivity contribution in [3.8, 4) is 11.3 Å². The van der Waals surface area contributed by atoms with Crippen LogP contribution in [0.2, 0.25) is 0 Å². The predicted octanol–water partition coefficient (Wildman–Crippen LogP) is 3.44. The van der Waals surface area contributed by atoms with Gasteiger partial charge >= 0.3 is 5.97 Å². The summed E-state index contributed by atoms with van der Waals surface area (Å²) in [5.41, 5.74) is 2.54. The molecule has 0 aliphatic carbocycles. The van der Waals surface area contributed by atoms with Gasteiger partial charge in [-0.2, -0.15) is 5.10 Å². The molecule has 1 aromatic carbocycles. The Balaban J connectivity index is 1.73. The minimum atomic E-state index is -0.799. The molecule has 24 heavy (non-hydrogen) atoms. The van der Waals surface area contributed by atoms with Crippen LogP contribution in [0.1, 0.15) is 12.8 Å². The maximum Gasteiger partial charge on any atom is 0.326 e. The Morgan fingerprint density at radius 2 is 2.04 bits per heavy atom. The molecular formula is C17H15BrN4O2. The highest BCUT2D eigenvalue weighted by Gasteiger charge is 2.31. The van der Waals surface area contributed by atoms with Crippen LogP contribution in [-0.4, -0.2) is 38.8 Å². The van der Waals surface area contributed by atoms with Crippen molar-refractivity contribution < 1.29 is 9.90 Å². The van der Waals surface area contributed by atoms with Gasteiger partial charge in [0.05, 0.1) is 5.69 Å². The van der Waals surface area contributed by atoms with Gasteiger partial charge in [-0.3, -0.25) is 5.10 Å². The number of carboxylic acid groups (broad SMARTS) is 1. The molecule has 3 aromatic rings. The molecule has 1 saturated heterocycles. The minimum absolute atomic E-state index is 0.500. The number of anilines is 1. The topological polar surface area (TPSA) is 82.1 Å². The molecule has 4 rings (SSSR count). The first-order valence-corrected chi connectivity index (χ1v) is 8.53. The van der Waals surface area contributed by atoms with Crippen LogP contribution in [0.4, 0.5) is 5.82 Å². The lowest BCUT2D eigenvalue weighted by Crippen LogP contribution is -2.36. The van der Waals surface area contributed by atoms with E-state index >= 15 is 0 Å². The molecule has 3 heterocycles. The van der Waals surface area contributed by atoms with Crippen molar-refractivity contribution in [2.75, 3.05) is 11.4 Å². The highest BCUT2D eigenvalue weighted by molar-refractivity contribution is 9.10. The third kappa shape index (κ3) is 2.54. The molecule has 0 bridgehead atoms. The number of H-pyrrole nitrogens is 1. The Bertz CT molecular complexity index is 907. The third-order valence-electron chi connectivity index (χ3n) is 4.37. The summed E-state index contributed by atoms with van der Waals surface area (Å²) in [7, 11) is 0. The maximum absolute atomic E-state index is 11.4. The van der Waals surface area contributed by atoms with Crippen molar-refractivity contribution in [2.24, 2.45) is 0 Å². The number of rotatable bonds is 3. The Kier molecular flexibility index (Phi) is 3.72. The Labute approximate surface area is 146 Å². The summed E-state index contributed by atoms with van der Waals surface area (Å²) >= 11 is 3.43. The Morgan fingerprint density at radius 3 is 2.79 bits per heavy atom. The van der Waals surface area contributed by atoms with E-state index in [-0.39, 0.29) is 0 Å². The van der Waals surface area contributed by atoms with Crippen molar-refractivity contribution in [3.05, 3.63) is 40.9 Å². The second-order valence-electron chi connectivity index (χ2n) is 5.84. The second kappa shape index (κ2) is 5.90. The number of fused-ring (bicyclic) bond motifs is 1. The summed E-state index contributed by atoms with van der Waals surface area (Å²) < 4.78 is 1.02. The summed E-state index contributed by atoms with van der Waals surface area (Å²) in [6.07, 6.45) is 1.52. The van der Waals surface area contributed by atoms with Crippen molar-refractivity contribution in [2.45, 2.75) is 18.9 Å². The number of hydrogen-bond acceptors (Lipinski definition) is 4. The van der Waals surface area contributed by atoms with Crippen LogP contribution in [0.15, 0.2) is 40.9 Å². The van der Waals surface area contributed by atoms with Gasteiger partial charge in [0.1, 0.15) is 11.9 Å². The van der Waals surface area contributed by atoms with Gasteiger partial charge in [-0.25, -0.2) is 9.78 Å². The average Bonchev–Trinajstić information content (AvgIpc) is 3.22. The van der Waals surface area contributed by atoms with Crippen LogP contribution in [-0.2, 0) is 4.79 Å². The molecule has 6 nitrogen and oxygen atoms in total. The quantitative estimate of drug-likeness (QED) is 0.720. The molecule has 7 heteroatoms. The van der Waals surface area contributed by atoms with Crippen molar-refractivity contribution in [1.29, 1.82) is 0 Å². The maximum atomic E-state index is 11.4. The number of hydrogen-bond donors (Lipinski definition) is 2. The first kappa shape index (κ1) is 15.1. The minimum Gasteiger partial charge on any atom is -0.480 e. The molecule has 1 fully saturated rings. The summed E-state index contributed by atoms with van der Waals surface area (Å²) in [5, 5.41) is 17.6. The van der Waals surface area contributed by atoms with E-state index in [1.165, 1.54) is 0 Å². The number of nitrogens with one attached hydrogen (secondary N) is 1. The fourth-order valence-corrected chi connectivity index (χ4v) is 3.45. The van der Waals surface area contributed by atoms with Gasteiger partial charge in [0.15, 0.2) is 5.65 Å². The molecule has 2 N–H and O–H groups in total. The zero-order valence-corrected chi connectivity index (χ0v) is 14.3. The van der Waals surface area contributed by atoms with E-state index in [2.05, 4.69) is 31.1 Å². The van der Waals surface area contributed by atoms with E-state index in [9.17, 15) is 9.90 Å². The molecule has 1 aliphatic heterocycles. The number of carbonyl (C=O) groups is 1. The van der Waals surface area contributed by atoms with Crippen LogP contribution in [0.3, 0.4) is 0 Å². The zero-order valence-electron chi connectivity index (χ0n) is 12.7. The molecule has 0 saturated carbocycles. The molecular weight excluding hydrogens is 372 g/mol. The summed E-state index contributed by atoms with van der Waals surface area (Å²) in [4.78, 5) is 17.8. The van der Waals surface area contributed by atoms with Crippen molar-refractivity contribution in [1.82, 2.24) is 15.2 Å². The number of nitrogens with zero attached hydrogens (tertiary/aromatic N) is 3. The highest BCUT2D eigenvalue weighted by Crippen LogP contribution is 2.30. The largest absolute Gasteiger partial charge is 0.480 e. The predicted molar refractivity (Wildman–Crippen MR) is 95.0 cm³/mol. The normalized spacial score (nSPS) is 17.5. The van der Waals surface area contributed by atoms with Crippen LogP contribution in [0, 0.1) is 0 Å². The first-order valence-electron chi connectivity index (χ1n) is 7.74. The van der Waals surface area contributed by atoms with Gasteiger partial charge in [0.25, 0.3) is 0 Å². The highest BCUT2D eigenvalue weighted by atomic mass is 79.9. The molecule has 0 spiro atoms. The lowest BCUT2D eigenvalue weighted by molar-refractivity contribution is -0.138. The van der Waals surface area contributed by atoms with Gasteiger partial charge in [-0.15, -0.1) is 0 Å². The van der Waals surface area contributed by atoms with E-state index < -0.39 is 12.0 Å². The molecule has 2 aromatic heterocycles. The fourth-order valence-electron chi connectivity index (χ4n) is 3.18. The standard InChI is InChI=1S/C17H15BrN4O2/c18-11-5-3-10(4-6-11)15-12-7-8-14(19-16(12)21-20-15)22-9-1-2-13(22)17(23)24/h3-8,13H,1-2,9H2,(H,23,24)(H,19,20,21)/t13-/m0/s1. The van der Waals surface area contributed by atoms with Crippen LogP contribution in [0.25, 0.3) is 22.3 Å². The SMILES string of the molecule is O=C(O)[C@@H]1CCCN1c1ccc2c(-c3ccc(Br)cc3)[nH]nc2n1. The molecule has 0 amide bonds. The van der Waals surface area contributed by atoms with Crippen LogP contribution in [0.5, 0.6) is 0 Å². The number of halogens is 1. The van der Waals surface area contributed by atoms with Gasteiger partial charge in [0, 0.05) is 22.0 Å². The molecule has 1 aliphatic rings. The monoisotopic (exact) mass is 386 g/mol. The Morgan fingerprint density at radius 1 is 1.25 bits per heavy atom. The van der Waals surface area contributed by atoms with E-state index in [4.69, 9.17) is 0 Å². The number of benzene rings is 1. The zero-order chi connectivity index (χ0) is 16.7. The van der Waals surface area contributed by atoms with E-state index in [0.717, 1.165) is 27.5 Å². The molecule has 122 valence electrons. The molecule has 1 atom stereocenters. The summed E-state index contributed by atoms with van der Waals surface area (Å²) in [5.74, 6) is -0.131. The number of aromatic amines is 1. The van der Waals surface area contributed by atoms with E-state index in [1.54, 1.807) is 0 Å². The first-order chi connectivity index (χ1) is 11.6. The lowest BCUT2D eigenvalue weighted by Gasteiger charge is -2.22. The van der Waals surface area contributed by atoms with E-state index in [0.29, 0.717) is 24.4 Å². The second-order valence-corrected chi connectivity index (χ2v) is 6.75. The average molecular weight is 387 g/mol. The number of aliphatic carboxylic acids is 1.